The molecule has 0 saturated heterocycles. The van der Waals surface area contributed by atoms with Crippen molar-refractivity contribution in [2.24, 2.45) is 0 Å². The smallest absolute Gasteiger partial charge is 0.302 e. The van der Waals surface area contributed by atoms with E-state index >= 15 is 0 Å². The Balaban J connectivity index is 1.77. The van der Waals surface area contributed by atoms with Crippen LogP contribution >= 0.6 is 0 Å². The van der Waals surface area contributed by atoms with E-state index in [1.807, 2.05) is 48.5 Å². The second-order valence-electron chi connectivity index (χ2n) is 8.41. The van der Waals surface area contributed by atoms with Crippen LogP contribution in [-0.2, 0) is 4.79 Å². The summed E-state index contributed by atoms with van der Waals surface area (Å²) in [6.45, 7) is 5.59. The summed E-state index contributed by atoms with van der Waals surface area (Å²) >= 11 is 0. The number of hydrogen-bond acceptors (Lipinski definition) is 5. The highest BCUT2D eigenvalue weighted by Crippen LogP contribution is 2.23. The molecule has 2 aromatic carbocycles. The van der Waals surface area contributed by atoms with Gasteiger partial charge in [-0.3, -0.25) is 24.7 Å². The van der Waals surface area contributed by atoms with Gasteiger partial charge in [0, 0.05) is 29.9 Å². The van der Waals surface area contributed by atoms with Crippen molar-refractivity contribution in [3.05, 3.63) is 107 Å². The summed E-state index contributed by atoms with van der Waals surface area (Å²) < 4.78 is 1.58. The van der Waals surface area contributed by atoms with Gasteiger partial charge in [-0.05, 0) is 42.7 Å². The number of nitrogens with one attached hydrogen (secondary N) is 3. The predicted octanol–water partition coefficient (Wildman–Crippen LogP) is 2.32. The number of carbonyl (C=O) groups is 2. The van der Waals surface area contributed by atoms with Crippen molar-refractivity contribution >= 4 is 28.4 Å². The van der Waals surface area contributed by atoms with Crippen LogP contribution in [0.5, 0.6) is 0 Å². The zero-order valence-electron chi connectivity index (χ0n) is 20.8. The number of nitrogens with two attached hydrogens (primary N) is 1. The molecular weight excluding hydrogens is 480 g/mol. The lowest BCUT2D eigenvalue weighted by atomic mass is 10.0. The van der Waals surface area contributed by atoms with Gasteiger partial charge in [-0.15, -0.1) is 0 Å². The number of H-pyrrole nitrogens is 1. The molecule has 9 nitrogen and oxygen atoms in total. The first-order chi connectivity index (χ1) is 18.4. The van der Waals surface area contributed by atoms with E-state index < -0.39 is 11.9 Å². The Morgan fingerprint density at radius 3 is 2.74 bits per heavy atom. The first-order valence-corrected chi connectivity index (χ1v) is 12.0. The molecule has 0 spiro atoms. The average molecular weight is 508 g/mol. The monoisotopic (exact) mass is 507 g/mol. The number of fused-ring (bicyclic) bond motifs is 1. The highest BCUT2D eigenvalue weighted by Gasteiger charge is 2.22. The van der Waals surface area contributed by atoms with Gasteiger partial charge in [0.2, 0.25) is 11.6 Å². The van der Waals surface area contributed by atoms with Crippen molar-refractivity contribution in [1.82, 2.24) is 20.2 Å². The molecule has 0 aliphatic carbocycles. The van der Waals surface area contributed by atoms with E-state index in [-0.39, 0.29) is 23.0 Å². The Morgan fingerprint density at radius 1 is 1.21 bits per heavy atom. The van der Waals surface area contributed by atoms with Crippen LogP contribution in [0.2, 0.25) is 0 Å². The Kier molecular flexibility index (Phi) is 7.94. The van der Waals surface area contributed by atoms with Crippen LogP contribution in [0.3, 0.4) is 0 Å². The van der Waals surface area contributed by atoms with Crippen molar-refractivity contribution in [2.45, 2.75) is 19.4 Å². The van der Waals surface area contributed by atoms with Crippen molar-refractivity contribution in [1.29, 1.82) is 0 Å². The van der Waals surface area contributed by atoms with E-state index in [1.165, 1.54) is 18.5 Å². The summed E-state index contributed by atoms with van der Waals surface area (Å²) in [5.41, 5.74) is 7.49. The first-order valence-electron chi connectivity index (χ1n) is 12.0. The number of para-hydroxylation sites is 1. The van der Waals surface area contributed by atoms with Crippen molar-refractivity contribution in [2.75, 3.05) is 12.3 Å². The third kappa shape index (κ3) is 5.60. The molecule has 0 radical (unpaired) electrons. The summed E-state index contributed by atoms with van der Waals surface area (Å²) in [4.78, 5) is 45.1. The minimum Gasteiger partial charge on any atom is -0.352 e. The van der Waals surface area contributed by atoms with Gasteiger partial charge in [0.25, 0.3) is 11.5 Å². The number of carbonyl (C=O) groups excluding carboxylic acids is 2. The van der Waals surface area contributed by atoms with Gasteiger partial charge >= 0.3 is 5.82 Å². The molecule has 5 N–H and O–H groups in total. The molecule has 0 aliphatic rings. The normalized spacial score (nSPS) is 11.2. The topological polar surface area (TPSA) is 133 Å². The molecule has 0 saturated carbocycles. The molecular formula is C29H27N6O3+. The van der Waals surface area contributed by atoms with Crippen LogP contribution in [0.25, 0.3) is 16.5 Å². The highest BCUT2D eigenvalue weighted by molar-refractivity contribution is 5.96. The van der Waals surface area contributed by atoms with E-state index in [0.29, 0.717) is 40.7 Å². The number of aromatic nitrogens is 3. The summed E-state index contributed by atoms with van der Waals surface area (Å²) in [5, 5.41) is 6.73. The zero-order valence-corrected chi connectivity index (χ0v) is 20.8. The second-order valence-corrected chi connectivity index (χ2v) is 8.41. The van der Waals surface area contributed by atoms with Gasteiger partial charge < -0.3 is 10.6 Å². The highest BCUT2D eigenvalue weighted by atomic mass is 16.2. The molecule has 1 unspecified atom stereocenters. The van der Waals surface area contributed by atoms with Crippen LogP contribution < -0.4 is 26.9 Å². The molecule has 2 heterocycles. The standard InChI is InChI=1S/C29H26N6O3/c1-3-24(36)31-15-8-7-10-20-11-9-12-21-18-23(19(2)34-28(37)26-27(30)33-17-16-32-26)35(29(38)25(20)21)22-13-5-4-6-14-22/h3-6,9,11-14,16-19H,1,8,15H2,2H3,(H2,30,33)(H,31,36)(H,34,37)/p+1. The van der Waals surface area contributed by atoms with Crippen molar-refractivity contribution < 1.29 is 14.6 Å². The zero-order chi connectivity index (χ0) is 27.1. The van der Waals surface area contributed by atoms with Crippen LogP contribution in [0.15, 0.2) is 84.4 Å². The minimum atomic E-state index is -0.565. The molecule has 1 atom stereocenters. The van der Waals surface area contributed by atoms with Gasteiger partial charge in [0.15, 0.2) is 0 Å². The lowest BCUT2D eigenvalue weighted by molar-refractivity contribution is -0.361. The Morgan fingerprint density at radius 2 is 2.00 bits per heavy atom. The quantitative estimate of drug-likeness (QED) is 0.201. The van der Waals surface area contributed by atoms with Crippen LogP contribution in [0, 0.1) is 11.8 Å². The number of hydrogen-bond donors (Lipinski definition) is 3. The Hall–Kier alpha value is -5.23. The van der Waals surface area contributed by atoms with E-state index in [2.05, 4.69) is 39.0 Å². The van der Waals surface area contributed by atoms with Crippen LogP contribution in [0.1, 0.15) is 41.1 Å². The lowest BCUT2D eigenvalue weighted by Gasteiger charge is -2.21. The second kappa shape index (κ2) is 11.7. The number of aromatic amines is 1. The summed E-state index contributed by atoms with van der Waals surface area (Å²) in [6, 6.07) is 16.0. The van der Waals surface area contributed by atoms with E-state index in [1.54, 1.807) is 17.6 Å². The van der Waals surface area contributed by atoms with Crippen LogP contribution in [0.4, 0.5) is 5.82 Å². The third-order valence-corrected chi connectivity index (χ3v) is 5.83. The number of amides is 2. The van der Waals surface area contributed by atoms with Gasteiger partial charge in [0.05, 0.1) is 17.6 Å². The molecule has 4 aromatic rings. The maximum absolute atomic E-state index is 14.0. The van der Waals surface area contributed by atoms with Gasteiger partial charge in [-0.1, -0.05) is 48.8 Å². The number of benzene rings is 2. The van der Waals surface area contributed by atoms with E-state index in [9.17, 15) is 14.4 Å². The van der Waals surface area contributed by atoms with E-state index in [0.717, 1.165) is 0 Å². The molecule has 0 bridgehead atoms. The lowest BCUT2D eigenvalue weighted by Crippen LogP contribution is -2.34. The summed E-state index contributed by atoms with van der Waals surface area (Å²) in [5.74, 6) is 5.50. The fourth-order valence-electron chi connectivity index (χ4n) is 4.02. The molecule has 2 aromatic heterocycles. The number of anilines is 1. The number of nitrogen functional groups attached to an aromatic ring is 1. The average Bonchev–Trinajstić information content (AvgIpc) is 2.93. The van der Waals surface area contributed by atoms with Crippen molar-refractivity contribution in [3.8, 4) is 17.5 Å². The molecule has 0 aliphatic heterocycles. The third-order valence-electron chi connectivity index (χ3n) is 5.83. The van der Waals surface area contributed by atoms with Gasteiger partial charge in [-0.2, -0.15) is 0 Å². The van der Waals surface area contributed by atoms with E-state index in [4.69, 9.17) is 5.73 Å². The number of rotatable bonds is 7. The predicted molar refractivity (Wildman–Crippen MR) is 145 cm³/mol. The largest absolute Gasteiger partial charge is 0.352 e. The minimum absolute atomic E-state index is 0.0654. The van der Waals surface area contributed by atoms with Gasteiger partial charge in [0.1, 0.15) is 6.20 Å². The van der Waals surface area contributed by atoms with Crippen LogP contribution in [-0.4, -0.2) is 27.9 Å². The summed E-state index contributed by atoms with van der Waals surface area (Å²) in [6.07, 6.45) is 4.60. The fourth-order valence-corrected chi connectivity index (χ4v) is 4.02. The fraction of sp³-hybridized carbons (Fsp3) is 0.138. The Bertz CT molecular complexity index is 1630. The maximum Gasteiger partial charge on any atom is 0.302 e. The molecule has 2 amide bonds. The molecule has 4 rings (SSSR count). The number of pyridine rings is 1. The molecule has 38 heavy (non-hydrogen) atoms. The van der Waals surface area contributed by atoms with Gasteiger partial charge in [-0.25, -0.2) is 9.97 Å². The van der Waals surface area contributed by atoms with Crippen molar-refractivity contribution in [3.63, 3.8) is 0 Å². The molecule has 190 valence electrons. The summed E-state index contributed by atoms with van der Waals surface area (Å²) in [7, 11) is 0. The maximum atomic E-state index is 14.0. The molecule has 9 heteroatoms. The number of nitrogens with zero attached hydrogens (tertiary/aromatic N) is 2. The SMILES string of the molecule is C=CC(=O)NCCC#Cc1cccc2cc(C(C)NC(=O)c3ncc[nH+]c3N)n(-c3ccccc3)c(=O)c12. The molecule has 0 fully saturated rings. The first kappa shape index (κ1) is 25.9. The Labute approximate surface area is 219 Å².